The SMILES string of the molecule is COCCC1CCCN(C(C)=O)C1. The number of methoxy groups -OCH3 is 1. The second kappa shape index (κ2) is 5.22. The minimum absolute atomic E-state index is 0.210. The van der Waals surface area contributed by atoms with E-state index in [9.17, 15) is 4.79 Å². The summed E-state index contributed by atoms with van der Waals surface area (Å²) >= 11 is 0. The summed E-state index contributed by atoms with van der Waals surface area (Å²) in [5, 5.41) is 0. The first kappa shape index (κ1) is 10.5. The van der Waals surface area contributed by atoms with Crippen LogP contribution in [0.4, 0.5) is 0 Å². The van der Waals surface area contributed by atoms with Crippen molar-refractivity contribution in [3.8, 4) is 0 Å². The van der Waals surface area contributed by atoms with Crippen molar-refractivity contribution in [3.05, 3.63) is 0 Å². The Morgan fingerprint density at radius 3 is 3.00 bits per heavy atom. The molecule has 13 heavy (non-hydrogen) atoms. The van der Waals surface area contributed by atoms with E-state index in [1.165, 1.54) is 6.42 Å². The number of hydrogen-bond acceptors (Lipinski definition) is 2. The Balaban J connectivity index is 2.29. The van der Waals surface area contributed by atoms with Crippen LogP contribution in [0.5, 0.6) is 0 Å². The first-order chi connectivity index (χ1) is 6.24. The van der Waals surface area contributed by atoms with Crippen molar-refractivity contribution in [2.75, 3.05) is 26.8 Å². The Kier molecular flexibility index (Phi) is 4.22. The summed E-state index contributed by atoms with van der Waals surface area (Å²) in [6.07, 6.45) is 3.47. The molecule has 0 spiro atoms. The summed E-state index contributed by atoms with van der Waals surface area (Å²) in [5.41, 5.74) is 0. The number of piperidine rings is 1. The molecule has 0 radical (unpaired) electrons. The number of carbonyl (C=O) groups excluding carboxylic acids is 1. The van der Waals surface area contributed by atoms with Crippen LogP contribution in [0.25, 0.3) is 0 Å². The third kappa shape index (κ3) is 3.35. The van der Waals surface area contributed by atoms with Crippen LogP contribution in [0.15, 0.2) is 0 Å². The van der Waals surface area contributed by atoms with E-state index in [1.807, 2.05) is 4.90 Å². The third-order valence-corrected chi connectivity index (χ3v) is 2.69. The average Bonchev–Trinajstić information content (AvgIpc) is 2.15. The van der Waals surface area contributed by atoms with E-state index in [1.54, 1.807) is 14.0 Å². The Morgan fingerprint density at radius 1 is 1.62 bits per heavy atom. The van der Waals surface area contributed by atoms with Gasteiger partial charge in [-0.15, -0.1) is 0 Å². The van der Waals surface area contributed by atoms with E-state index in [2.05, 4.69) is 0 Å². The average molecular weight is 185 g/mol. The Hall–Kier alpha value is -0.570. The smallest absolute Gasteiger partial charge is 0.219 e. The van der Waals surface area contributed by atoms with Gasteiger partial charge in [-0.2, -0.15) is 0 Å². The summed E-state index contributed by atoms with van der Waals surface area (Å²) in [6.45, 7) is 4.34. The minimum atomic E-state index is 0.210. The van der Waals surface area contributed by atoms with Crippen molar-refractivity contribution in [1.29, 1.82) is 0 Å². The largest absolute Gasteiger partial charge is 0.385 e. The van der Waals surface area contributed by atoms with Gasteiger partial charge in [0.05, 0.1) is 0 Å². The van der Waals surface area contributed by atoms with Crippen LogP contribution >= 0.6 is 0 Å². The van der Waals surface area contributed by atoms with Gasteiger partial charge in [-0.05, 0) is 25.2 Å². The molecule has 3 heteroatoms. The van der Waals surface area contributed by atoms with Crippen LogP contribution in [0.1, 0.15) is 26.2 Å². The van der Waals surface area contributed by atoms with Crippen LogP contribution in [0.3, 0.4) is 0 Å². The number of rotatable bonds is 3. The standard InChI is InChI=1S/C10H19NO2/c1-9(12)11-6-3-4-10(8-11)5-7-13-2/h10H,3-8H2,1-2H3. The number of nitrogens with zero attached hydrogens (tertiary/aromatic N) is 1. The van der Waals surface area contributed by atoms with Crippen molar-refractivity contribution in [2.24, 2.45) is 5.92 Å². The predicted molar refractivity (Wildman–Crippen MR) is 51.5 cm³/mol. The fourth-order valence-electron chi connectivity index (χ4n) is 1.87. The molecule has 0 aromatic carbocycles. The van der Waals surface area contributed by atoms with Gasteiger partial charge < -0.3 is 9.64 Å². The van der Waals surface area contributed by atoms with E-state index >= 15 is 0 Å². The second-order valence-electron chi connectivity index (χ2n) is 3.75. The van der Waals surface area contributed by atoms with Crippen LogP contribution < -0.4 is 0 Å². The molecule has 1 amide bonds. The van der Waals surface area contributed by atoms with Crippen LogP contribution in [-0.4, -0.2) is 37.6 Å². The van der Waals surface area contributed by atoms with E-state index in [-0.39, 0.29) is 5.91 Å². The molecule has 1 aliphatic heterocycles. The first-order valence-electron chi connectivity index (χ1n) is 4.98. The summed E-state index contributed by atoms with van der Waals surface area (Å²) < 4.78 is 5.04. The van der Waals surface area contributed by atoms with E-state index in [0.717, 1.165) is 32.5 Å². The molecule has 1 saturated heterocycles. The van der Waals surface area contributed by atoms with Gasteiger partial charge in [0.1, 0.15) is 0 Å². The monoisotopic (exact) mass is 185 g/mol. The lowest BCUT2D eigenvalue weighted by Gasteiger charge is -2.31. The van der Waals surface area contributed by atoms with Gasteiger partial charge in [0, 0.05) is 33.7 Å². The summed E-state index contributed by atoms with van der Waals surface area (Å²) in [5.74, 6) is 0.861. The van der Waals surface area contributed by atoms with Gasteiger partial charge in [-0.1, -0.05) is 0 Å². The number of amides is 1. The van der Waals surface area contributed by atoms with Crippen molar-refractivity contribution in [1.82, 2.24) is 4.90 Å². The molecule has 0 N–H and O–H groups in total. The van der Waals surface area contributed by atoms with Gasteiger partial charge >= 0.3 is 0 Å². The molecular formula is C10H19NO2. The molecule has 1 fully saturated rings. The van der Waals surface area contributed by atoms with Gasteiger partial charge in [-0.3, -0.25) is 4.79 Å². The van der Waals surface area contributed by atoms with Crippen molar-refractivity contribution in [2.45, 2.75) is 26.2 Å². The molecule has 0 aromatic rings. The van der Waals surface area contributed by atoms with Gasteiger partial charge in [0.15, 0.2) is 0 Å². The van der Waals surface area contributed by atoms with E-state index in [4.69, 9.17) is 4.74 Å². The molecule has 0 bridgehead atoms. The number of ether oxygens (including phenoxy) is 1. The Morgan fingerprint density at radius 2 is 2.38 bits per heavy atom. The summed E-state index contributed by atoms with van der Waals surface area (Å²) in [6, 6.07) is 0. The molecule has 0 aliphatic carbocycles. The zero-order valence-corrected chi connectivity index (χ0v) is 8.58. The molecule has 1 aliphatic rings. The lowest BCUT2D eigenvalue weighted by molar-refractivity contribution is -0.130. The quantitative estimate of drug-likeness (QED) is 0.663. The molecule has 1 atom stereocenters. The molecule has 3 nitrogen and oxygen atoms in total. The molecular weight excluding hydrogens is 166 g/mol. The maximum atomic E-state index is 11.1. The second-order valence-corrected chi connectivity index (χ2v) is 3.75. The summed E-state index contributed by atoms with van der Waals surface area (Å²) in [4.78, 5) is 13.1. The molecule has 1 heterocycles. The fraction of sp³-hybridized carbons (Fsp3) is 0.900. The molecule has 0 saturated carbocycles. The first-order valence-corrected chi connectivity index (χ1v) is 4.98. The highest BCUT2D eigenvalue weighted by Crippen LogP contribution is 2.19. The normalized spacial score (nSPS) is 23.2. The van der Waals surface area contributed by atoms with Gasteiger partial charge in [0.2, 0.25) is 5.91 Å². The van der Waals surface area contributed by atoms with Gasteiger partial charge in [-0.25, -0.2) is 0 Å². The molecule has 1 unspecified atom stereocenters. The van der Waals surface area contributed by atoms with Gasteiger partial charge in [0.25, 0.3) is 0 Å². The minimum Gasteiger partial charge on any atom is -0.385 e. The molecule has 76 valence electrons. The maximum Gasteiger partial charge on any atom is 0.219 e. The number of carbonyl (C=O) groups is 1. The highest BCUT2D eigenvalue weighted by Gasteiger charge is 2.20. The number of likely N-dealkylation sites (tertiary alicyclic amines) is 1. The highest BCUT2D eigenvalue weighted by molar-refractivity contribution is 5.73. The molecule has 0 aromatic heterocycles. The van der Waals surface area contributed by atoms with Crippen molar-refractivity contribution >= 4 is 5.91 Å². The zero-order chi connectivity index (χ0) is 9.68. The van der Waals surface area contributed by atoms with Crippen LogP contribution in [-0.2, 0) is 9.53 Å². The predicted octanol–water partition coefficient (Wildman–Crippen LogP) is 1.28. The van der Waals surface area contributed by atoms with Crippen LogP contribution in [0, 0.1) is 5.92 Å². The zero-order valence-electron chi connectivity index (χ0n) is 8.58. The van der Waals surface area contributed by atoms with E-state index in [0.29, 0.717) is 5.92 Å². The number of hydrogen-bond donors (Lipinski definition) is 0. The summed E-state index contributed by atoms with van der Waals surface area (Å²) in [7, 11) is 1.73. The Labute approximate surface area is 80.1 Å². The van der Waals surface area contributed by atoms with Crippen LogP contribution in [0.2, 0.25) is 0 Å². The fourth-order valence-corrected chi connectivity index (χ4v) is 1.87. The topological polar surface area (TPSA) is 29.5 Å². The highest BCUT2D eigenvalue weighted by atomic mass is 16.5. The van der Waals surface area contributed by atoms with Crippen molar-refractivity contribution < 1.29 is 9.53 Å². The lowest BCUT2D eigenvalue weighted by Crippen LogP contribution is -2.38. The van der Waals surface area contributed by atoms with Crippen molar-refractivity contribution in [3.63, 3.8) is 0 Å². The van der Waals surface area contributed by atoms with E-state index < -0.39 is 0 Å². The lowest BCUT2D eigenvalue weighted by atomic mass is 9.95. The maximum absolute atomic E-state index is 11.1. The third-order valence-electron chi connectivity index (χ3n) is 2.69. The molecule has 1 rings (SSSR count). The Bertz CT molecular complexity index is 170.